The highest BCUT2D eigenvalue weighted by Crippen LogP contribution is 2.48. The number of para-hydroxylation sites is 1. The Hall–Kier alpha value is -5.92. The molecular formula is C44H26O. The van der Waals surface area contributed by atoms with Crippen LogP contribution in [0, 0.1) is 0 Å². The molecule has 0 fully saturated rings. The van der Waals surface area contributed by atoms with Gasteiger partial charge in [0.15, 0.2) is 0 Å². The first-order valence-corrected chi connectivity index (χ1v) is 15.5. The molecule has 10 aromatic rings. The van der Waals surface area contributed by atoms with E-state index in [1.54, 1.807) is 0 Å². The molecular weight excluding hydrogens is 544 g/mol. The SMILES string of the molecule is c1ccc2c(c1)ccc1c(-c3c4ccccc4c(-c4cccc5c4oc4ccc6ccccc6c45)c4ccccc34)cccc12. The fourth-order valence-electron chi connectivity index (χ4n) is 7.73. The lowest BCUT2D eigenvalue weighted by Gasteiger charge is -2.19. The van der Waals surface area contributed by atoms with Crippen molar-refractivity contribution in [1.29, 1.82) is 0 Å². The molecule has 9 aromatic carbocycles. The maximum absolute atomic E-state index is 6.76. The number of hydrogen-bond donors (Lipinski definition) is 0. The molecule has 0 amide bonds. The van der Waals surface area contributed by atoms with Crippen LogP contribution in [0.25, 0.3) is 98.1 Å². The van der Waals surface area contributed by atoms with E-state index in [1.807, 2.05) is 0 Å². The molecule has 0 N–H and O–H groups in total. The van der Waals surface area contributed by atoms with Gasteiger partial charge in [-0.2, -0.15) is 0 Å². The van der Waals surface area contributed by atoms with E-state index in [-0.39, 0.29) is 0 Å². The molecule has 0 aliphatic carbocycles. The van der Waals surface area contributed by atoms with Gasteiger partial charge in [0, 0.05) is 21.9 Å². The van der Waals surface area contributed by atoms with Gasteiger partial charge < -0.3 is 4.42 Å². The van der Waals surface area contributed by atoms with Gasteiger partial charge in [0.25, 0.3) is 0 Å². The number of rotatable bonds is 2. The van der Waals surface area contributed by atoms with Crippen molar-refractivity contribution in [3.63, 3.8) is 0 Å². The lowest BCUT2D eigenvalue weighted by molar-refractivity contribution is 0.670. The second kappa shape index (κ2) is 9.29. The van der Waals surface area contributed by atoms with Crippen LogP contribution in [0.4, 0.5) is 0 Å². The second-order valence-electron chi connectivity index (χ2n) is 12.0. The number of furan rings is 1. The van der Waals surface area contributed by atoms with Crippen LogP contribution in [0.3, 0.4) is 0 Å². The summed E-state index contributed by atoms with van der Waals surface area (Å²) in [7, 11) is 0. The Kier molecular flexibility index (Phi) is 5.06. The molecule has 0 radical (unpaired) electrons. The molecule has 1 aromatic heterocycles. The smallest absolute Gasteiger partial charge is 0.143 e. The fraction of sp³-hybridized carbons (Fsp3) is 0. The molecule has 0 aliphatic heterocycles. The van der Waals surface area contributed by atoms with Crippen molar-refractivity contribution in [1.82, 2.24) is 0 Å². The predicted molar refractivity (Wildman–Crippen MR) is 192 cm³/mol. The van der Waals surface area contributed by atoms with Crippen molar-refractivity contribution in [2.75, 3.05) is 0 Å². The van der Waals surface area contributed by atoms with E-state index in [0.717, 1.165) is 22.1 Å². The van der Waals surface area contributed by atoms with Crippen LogP contribution < -0.4 is 0 Å². The van der Waals surface area contributed by atoms with E-state index in [9.17, 15) is 0 Å². The van der Waals surface area contributed by atoms with Crippen molar-refractivity contribution >= 4 is 75.8 Å². The molecule has 208 valence electrons. The average Bonchev–Trinajstić information content (AvgIpc) is 3.50. The highest BCUT2D eigenvalue weighted by Gasteiger charge is 2.21. The van der Waals surface area contributed by atoms with Gasteiger partial charge in [-0.15, -0.1) is 0 Å². The maximum Gasteiger partial charge on any atom is 0.143 e. The summed E-state index contributed by atoms with van der Waals surface area (Å²) < 4.78 is 6.76. The van der Waals surface area contributed by atoms with E-state index >= 15 is 0 Å². The first-order chi connectivity index (χ1) is 22.3. The summed E-state index contributed by atoms with van der Waals surface area (Å²) in [5.74, 6) is 0. The Labute approximate surface area is 259 Å². The minimum Gasteiger partial charge on any atom is -0.455 e. The molecule has 0 spiro atoms. The minimum absolute atomic E-state index is 0.921. The second-order valence-corrected chi connectivity index (χ2v) is 12.0. The Morgan fingerprint density at radius 2 is 0.778 bits per heavy atom. The van der Waals surface area contributed by atoms with Crippen LogP contribution in [-0.2, 0) is 0 Å². The lowest BCUT2D eigenvalue weighted by atomic mass is 9.84. The number of benzene rings is 9. The van der Waals surface area contributed by atoms with Gasteiger partial charge in [-0.25, -0.2) is 0 Å². The molecule has 0 aliphatic rings. The normalized spacial score (nSPS) is 12.0. The number of hydrogen-bond acceptors (Lipinski definition) is 1. The summed E-state index contributed by atoms with van der Waals surface area (Å²) in [6, 6.07) is 57.2. The van der Waals surface area contributed by atoms with E-state index in [0.29, 0.717) is 0 Å². The summed E-state index contributed by atoms with van der Waals surface area (Å²) >= 11 is 0. The molecule has 1 nitrogen and oxygen atoms in total. The zero-order valence-electron chi connectivity index (χ0n) is 24.4. The molecule has 10 rings (SSSR count). The minimum atomic E-state index is 0.921. The molecule has 0 saturated carbocycles. The van der Waals surface area contributed by atoms with Crippen LogP contribution >= 0.6 is 0 Å². The van der Waals surface area contributed by atoms with Crippen molar-refractivity contribution in [2.45, 2.75) is 0 Å². The van der Waals surface area contributed by atoms with E-state index in [1.165, 1.54) is 75.9 Å². The molecule has 1 heteroatoms. The predicted octanol–water partition coefficient (Wildman–Crippen LogP) is 12.7. The summed E-state index contributed by atoms with van der Waals surface area (Å²) in [5, 5.41) is 14.8. The third-order valence-electron chi connectivity index (χ3n) is 9.64. The summed E-state index contributed by atoms with van der Waals surface area (Å²) in [5.41, 5.74) is 6.72. The first kappa shape index (κ1) is 24.5. The number of fused-ring (bicyclic) bond motifs is 10. The van der Waals surface area contributed by atoms with Gasteiger partial charge in [-0.1, -0.05) is 152 Å². The van der Waals surface area contributed by atoms with Gasteiger partial charge in [-0.3, -0.25) is 0 Å². The molecule has 0 bridgehead atoms. The Morgan fingerprint density at radius 1 is 0.289 bits per heavy atom. The lowest BCUT2D eigenvalue weighted by Crippen LogP contribution is -1.92. The van der Waals surface area contributed by atoms with Crippen molar-refractivity contribution in [2.24, 2.45) is 0 Å². The van der Waals surface area contributed by atoms with E-state index < -0.39 is 0 Å². The van der Waals surface area contributed by atoms with Crippen LogP contribution in [0.1, 0.15) is 0 Å². The Morgan fingerprint density at radius 3 is 1.47 bits per heavy atom. The largest absolute Gasteiger partial charge is 0.455 e. The maximum atomic E-state index is 6.76. The molecule has 0 saturated heterocycles. The van der Waals surface area contributed by atoms with Crippen LogP contribution in [0.15, 0.2) is 162 Å². The zero-order valence-corrected chi connectivity index (χ0v) is 24.4. The van der Waals surface area contributed by atoms with Gasteiger partial charge in [0.1, 0.15) is 11.2 Å². The third kappa shape index (κ3) is 3.44. The van der Waals surface area contributed by atoms with Crippen LogP contribution in [-0.4, -0.2) is 0 Å². The standard InChI is InChI=1S/C44H26O/c1-3-13-29-27(11-1)23-25-32-31(29)19-9-20-33(32)41-34-15-5-7-17-36(34)42(37-18-8-6-16-35(37)41)38-21-10-22-39-43-30-14-4-2-12-28(30)24-26-40(43)45-44(38)39/h1-26H. The molecule has 1 heterocycles. The van der Waals surface area contributed by atoms with Crippen molar-refractivity contribution in [3.8, 4) is 22.3 Å². The van der Waals surface area contributed by atoms with E-state index in [4.69, 9.17) is 4.42 Å². The highest BCUT2D eigenvalue weighted by molar-refractivity contribution is 6.28. The van der Waals surface area contributed by atoms with Crippen LogP contribution in [0.5, 0.6) is 0 Å². The third-order valence-corrected chi connectivity index (χ3v) is 9.64. The van der Waals surface area contributed by atoms with Gasteiger partial charge in [0.2, 0.25) is 0 Å². The van der Waals surface area contributed by atoms with Crippen molar-refractivity contribution < 1.29 is 4.42 Å². The summed E-state index contributed by atoms with van der Waals surface area (Å²) in [6.45, 7) is 0. The van der Waals surface area contributed by atoms with E-state index in [2.05, 4.69) is 158 Å². The quantitative estimate of drug-likeness (QED) is 0.149. The zero-order chi connectivity index (χ0) is 29.5. The van der Waals surface area contributed by atoms with Gasteiger partial charge in [-0.05, 0) is 71.1 Å². The first-order valence-electron chi connectivity index (χ1n) is 15.5. The fourth-order valence-corrected chi connectivity index (χ4v) is 7.73. The van der Waals surface area contributed by atoms with Gasteiger partial charge in [0.05, 0.1) is 0 Å². The average molecular weight is 571 g/mol. The summed E-state index contributed by atoms with van der Waals surface area (Å²) in [6.07, 6.45) is 0. The highest BCUT2D eigenvalue weighted by atomic mass is 16.3. The monoisotopic (exact) mass is 570 g/mol. The molecule has 0 atom stereocenters. The summed E-state index contributed by atoms with van der Waals surface area (Å²) in [4.78, 5) is 0. The molecule has 45 heavy (non-hydrogen) atoms. The van der Waals surface area contributed by atoms with Crippen molar-refractivity contribution in [3.05, 3.63) is 158 Å². The topological polar surface area (TPSA) is 13.1 Å². The Balaban J connectivity index is 1.35. The molecule has 0 unspecified atom stereocenters. The van der Waals surface area contributed by atoms with Crippen LogP contribution in [0.2, 0.25) is 0 Å². The van der Waals surface area contributed by atoms with Gasteiger partial charge >= 0.3 is 0 Å². The Bertz CT molecular complexity index is 2760.